The summed E-state index contributed by atoms with van der Waals surface area (Å²) in [7, 11) is 0. The van der Waals surface area contributed by atoms with Gasteiger partial charge in [-0.2, -0.15) is 0 Å². The lowest BCUT2D eigenvalue weighted by Crippen LogP contribution is -2.42. The van der Waals surface area contributed by atoms with Crippen molar-refractivity contribution in [1.82, 2.24) is 20.3 Å². The van der Waals surface area contributed by atoms with Crippen molar-refractivity contribution in [2.45, 2.75) is 24.7 Å². The van der Waals surface area contributed by atoms with E-state index in [0.29, 0.717) is 29.5 Å². The minimum Gasteiger partial charge on any atom is -0.368 e. The van der Waals surface area contributed by atoms with Crippen LogP contribution in [-0.2, 0) is 5.41 Å². The number of halogens is 1. The number of amides is 1. The number of pyridine rings is 1. The van der Waals surface area contributed by atoms with E-state index in [1.807, 2.05) is 0 Å². The summed E-state index contributed by atoms with van der Waals surface area (Å²) in [5.41, 5.74) is 5.77. The van der Waals surface area contributed by atoms with Crippen LogP contribution in [-0.4, -0.2) is 32.8 Å². The highest BCUT2D eigenvalue weighted by Gasteiger charge is 2.41. The first kappa shape index (κ1) is 17.1. The zero-order valence-corrected chi connectivity index (χ0v) is 14.4. The number of hydrogen-bond donors (Lipinski definition) is 2. The molecule has 0 aromatic carbocycles. The largest absolute Gasteiger partial charge is 0.368 e. The molecule has 0 atom stereocenters. The van der Waals surface area contributed by atoms with Gasteiger partial charge in [0.05, 0.1) is 5.69 Å². The predicted molar refractivity (Wildman–Crippen MR) is 94.3 cm³/mol. The third kappa shape index (κ3) is 3.23. The van der Waals surface area contributed by atoms with Crippen molar-refractivity contribution in [2.75, 3.05) is 11.9 Å². The molecule has 4 rings (SSSR count). The molecule has 0 aliphatic heterocycles. The zero-order valence-electron chi connectivity index (χ0n) is 14.4. The minimum atomic E-state index is -0.677. The highest BCUT2D eigenvalue weighted by molar-refractivity contribution is 5.91. The van der Waals surface area contributed by atoms with Crippen LogP contribution < -0.4 is 11.1 Å². The van der Waals surface area contributed by atoms with Gasteiger partial charge in [-0.25, -0.2) is 4.39 Å². The quantitative estimate of drug-likeness (QED) is 0.685. The molecular formula is C18H17FN6O2. The van der Waals surface area contributed by atoms with E-state index < -0.39 is 5.91 Å². The molecular weight excluding hydrogens is 351 g/mol. The number of rotatable bonds is 6. The second-order valence-electron chi connectivity index (χ2n) is 6.57. The molecule has 1 amide bonds. The summed E-state index contributed by atoms with van der Waals surface area (Å²) >= 11 is 0. The summed E-state index contributed by atoms with van der Waals surface area (Å²) in [6, 6.07) is 7.86. The van der Waals surface area contributed by atoms with Crippen LogP contribution in [0.2, 0.25) is 0 Å². The Morgan fingerprint density at radius 3 is 2.74 bits per heavy atom. The van der Waals surface area contributed by atoms with E-state index in [1.54, 1.807) is 24.4 Å². The van der Waals surface area contributed by atoms with Gasteiger partial charge in [0.2, 0.25) is 0 Å². The lowest BCUT2D eigenvalue weighted by molar-refractivity contribution is 0.0991. The smallest absolute Gasteiger partial charge is 0.270 e. The summed E-state index contributed by atoms with van der Waals surface area (Å²) in [5, 5.41) is 15.0. The molecule has 27 heavy (non-hydrogen) atoms. The fourth-order valence-electron chi connectivity index (χ4n) is 3.21. The number of nitrogens with zero attached hydrogens (tertiary/aromatic N) is 4. The maximum absolute atomic E-state index is 14.2. The Kier molecular flexibility index (Phi) is 4.27. The molecule has 0 bridgehead atoms. The van der Waals surface area contributed by atoms with Gasteiger partial charge in [0.1, 0.15) is 17.3 Å². The van der Waals surface area contributed by atoms with Crippen molar-refractivity contribution in [3.05, 3.63) is 53.7 Å². The molecule has 138 valence electrons. The van der Waals surface area contributed by atoms with Crippen LogP contribution >= 0.6 is 0 Å². The number of nitrogens with two attached hydrogens (primary N) is 1. The first-order chi connectivity index (χ1) is 13.1. The van der Waals surface area contributed by atoms with Crippen molar-refractivity contribution >= 4 is 11.7 Å². The van der Waals surface area contributed by atoms with Crippen molar-refractivity contribution in [3.63, 3.8) is 0 Å². The van der Waals surface area contributed by atoms with E-state index in [9.17, 15) is 9.18 Å². The Morgan fingerprint density at radius 2 is 2.15 bits per heavy atom. The topological polar surface area (TPSA) is 120 Å². The van der Waals surface area contributed by atoms with Crippen molar-refractivity contribution in [1.29, 1.82) is 0 Å². The number of hydrogen-bond acceptors (Lipinski definition) is 7. The lowest BCUT2D eigenvalue weighted by Gasteiger charge is -2.41. The Balaban J connectivity index is 1.47. The second kappa shape index (κ2) is 6.75. The van der Waals surface area contributed by atoms with Crippen LogP contribution in [0.4, 0.5) is 10.2 Å². The first-order valence-electron chi connectivity index (χ1n) is 8.53. The van der Waals surface area contributed by atoms with Crippen molar-refractivity contribution in [3.8, 4) is 11.5 Å². The molecule has 1 fully saturated rings. The molecule has 3 N–H and O–H groups in total. The SMILES string of the molecule is NC(=O)c1cc(-c2ccc(NCC3(c4ncccc4F)CCC3)nn2)on1. The molecule has 0 unspecified atom stereocenters. The monoisotopic (exact) mass is 368 g/mol. The van der Waals surface area contributed by atoms with Gasteiger partial charge in [-0.05, 0) is 37.1 Å². The Bertz CT molecular complexity index is 968. The van der Waals surface area contributed by atoms with E-state index in [4.69, 9.17) is 10.3 Å². The van der Waals surface area contributed by atoms with Gasteiger partial charge in [-0.3, -0.25) is 9.78 Å². The van der Waals surface area contributed by atoms with E-state index in [1.165, 1.54) is 12.1 Å². The summed E-state index contributed by atoms with van der Waals surface area (Å²) in [6.45, 7) is 0.517. The molecule has 1 saturated carbocycles. The van der Waals surface area contributed by atoms with Gasteiger partial charge >= 0.3 is 0 Å². The van der Waals surface area contributed by atoms with Gasteiger partial charge in [0, 0.05) is 24.2 Å². The fraction of sp³-hybridized carbons (Fsp3) is 0.278. The van der Waals surface area contributed by atoms with Crippen LogP contribution in [0.1, 0.15) is 35.4 Å². The molecule has 9 heteroatoms. The second-order valence-corrected chi connectivity index (χ2v) is 6.57. The minimum absolute atomic E-state index is 0.0262. The molecule has 8 nitrogen and oxygen atoms in total. The molecule has 0 radical (unpaired) electrons. The predicted octanol–water partition coefficient (Wildman–Crippen LogP) is 2.30. The van der Waals surface area contributed by atoms with Crippen molar-refractivity contribution in [2.24, 2.45) is 5.73 Å². The molecule has 3 heterocycles. The van der Waals surface area contributed by atoms with Gasteiger partial charge in [-0.1, -0.05) is 11.6 Å². The molecule has 0 saturated heterocycles. The number of nitrogens with one attached hydrogen (secondary N) is 1. The number of anilines is 1. The third-order valence-electron chi connectivity index (χ3n) is 4.86. The Labute approximate surface area is 154 Å². The van der Waals surface area contributed by atoms with Crippen LogP contribution in [0.3, 0.4) is 0 Å². The van der Waals surface area contributed by atoms with Gasteiger partial charge < -0.3 is 15.6 Å². The van der Waals surface area contributed by atoms with Crippen molar-refractivity contribution < 1.29 is 13.7 Å². The van der Waals surface area contributed by atoms with Gasteiger partial charge in [0.25, 0.3) is 5.91 Å². The van der Waals surface area contributed by atoms with Gasteiger partial charge in [0.15, 0.2) is 11.5 Å². The molecule has 1 aliphatic rings. The maximum Gasteiger partial charge on any atom is 0.270 e. The third-order valence-corrected chi connectivity index (χ3v) is 4.86. The number of aromatic nitrogens is 4. The molecule has 1 aliphatic carbocycles. The number of primary amides is 1. The van der Waals surface area contributed by atoms with E-state index in [2.05, 4.69) is 25.7 Å². The highest BCUT2D eigenvalue weighted by Crippen LogP contribution is 2.43. The number of carbonyl (C=O) groups excluding carboxylic acids is 1. The number of carbonyl (C=O) groups is 1. The van der Waals surface area contributed by atoms with E-state index >= 15 is 0 Å². The summed E-state index contributed by atoms with van der Waals surface area (Å²) < 4.78 is 19.2. The zero-order chi connectivity index (χ0) is 18.9. The first-order valence-corrected chi connectivity index (χ1v) is 8.53. The van der Waals surface area contributed by atoms with E-state index in [0.717, 1.165) is 19.3 Å². The highest BCUT2D eigenvalue weighted by atomic mass is 19.1. The average Bonchev–Trinajstić information content (AvgIpc) is 3.13. The summed E-state index contributed by atoms with van der Waals surface area (Å²) in [5.74, 6) is -0.107. The Morgan fingerprint density at radius 1 is 1.30 bits per heavy atom. The Hall–Kier alpha value is -3.36. The average molecular weight is 368 g/mol. The van der Waals surface area contributed by atoms with Gasteiger partial charge in [-0.15, -0.1) is 10.2 Å². The lowest BCUT2D eigenvalue weighted by atomic mass is 9.66. The van der Waals surface area contributed by atoms with Crippen LogP contribution in [0.5, 0.6) is 0 Å². The molecule has 3 aromatic rings. The van der Waals surface area contributed by atoms with Crippen LogP contribution in [0, 0.1) is 5.82 Å². The summed E-state index contributed by atoms with van der Waals surface area (Å²) in [4.78, 5) is 15.3. The standard InChI is InChI=1S/C18H17FN6O2/c19-11-3-1-8-21-16(11)18(6-2-7-18)10-22-15-5-4-12(23-24-15)14-9-13(17(20)26)25-27-14/h1,3-5,8-9H,2,6-7,10H2,(H2,20,26)(H,22,24). The molecule has 3 aromatic heterocycles. The van der Waals surface area contributed by atoms with E-state index in [-0.39, 0.29) is 16.9 Å². The molecule has 0 spiro atoms. The maximum atomic E-state index is 14.2. The van der Waals surface area contributed by atoms with Crippen LogP contribution in [0.25, 0.3) is 11.5 Å². The van der Waals surface area contributed by atoms with Crippen LogP contribution in [0.15, 0.2) is 41.1 Å². The normalized spacial score (nSPS) is 15.1. The summed E-state index contributed by atoms with van der Waals surface area (Å²) in [6.07, 6.45) is 4.39. The fourth-order valence-corrected chi connectivity index (χ4v) is 3.21.